The SMILES string of the molecule is O=S(=O)(O)C1CCCC(O)C1. The largest absolute Gasteiger partial charge is 0.393 e. The van der Waals surface area contributed by atoms with E-state index in [-0.39, 0.29) is 6.42 Å². The van der Waals surface area contributed by atoms with Crippen molar-refractivity contribution < 1.29 is 18.1 Å². The van der Waals surface area contributed by atoms with E-state index in [1.807, 2.05) is 0 Å². The van der Waals surface area contributed by atoms with Crippen molar-refractivity contribution in [1.82, 2.24) is 0 Å². The van der Waals surface area contributed by atoms with Crippen molar-refractivity contribution in [1.29, 1.82) is 0 Å². The molecule has 1 saturated carbocycles. The molecular weight excluding hydrogens is 168 g/mol. The average Bonchev–Trinajstić information content (AvgIpc) is 1.86. The molecule has 2 atom stereocenters. The third kappa shape index (κ3) is 2.43. The molecule has 0 amide bonds. The number of hydrogen-bond acceptors (Lipinski definition) is 3. The number of aliphatic hydroxyl groups is 1. The summed E-state index contributed by atoms with van der Waals surface area (Å²) in [6.45, 7) is 0. The van der Waals surface area contributed by atoms with Crippen molar-refractivity contribution in [2.75, 3.05) is 0 Å². The maximum Gasteiger partial charge on any atom is 0.267 e. The van der Waals surface area contributed by atoms with Crippen molar-refractivity contribution in [2.24, 2.45) is 0 Å². The molecule has 0 radical (unpaired) electrons. The van der Waals surface area contributed by atoms with Gasteiger partial charge in [0.1, 0.15) is 0 Å². The summed E-state index contributed by atoms with van der Waals surface area (Å²) in [7, 11) is -3.92. The van der Waals surface area contributed by atoms with E-state index in [1.165, 1.54) is 0 Å². The molecule has 0 aromatic carbocycles. The van der Waals surface area contributed by atoms with E-state index < -0.39 is 21.5 Å². The molecule has 0 saturated heterocycles. The normalized spacial score (nSPS) is 33.6. The van der Waals surface area contributed by atoms with E-state index in [0.29, 0.717) is 19.3 Å². The van der Waals surface area contributed by atoms with Crippen LogP contribution in [0.2, 0.25) is 0 Å². The maximum atomic E-state index is 10.6. The molecule has 5 heteroatoms. The Hall–Kier alpha value is -0.130. The summed E-state index contributed by atoms with van der Waals surface area (Å²) in [6, 6.07) is 0. The second-order valence-electron chi connectivity index (χ2n) is 2.96. The van der Waals surface area contributed by atoms with Crippen LogP contribution in [-0.4, -0.2) is 29.4 Å². The monoisotopic (exact) mass is 180 g/mol. The van der Waals surface area contributed by atoms with Crippen molar-refractivity contribution in [2.45, 2.75) is 37.0 Å². The molecule has 0 aromatic rings. The fourth-order valence-corrected chi connectivity index (χ4v) is 2.32. The quantitative estimate of drug-likeness (QED) is 0.564. The standard InChI is InChI=1S/C6H12O4S/c7-5-2-1-3-6(4-5)11(8,9)10/h5-7H,1-4H2,(H,8,9,10). The highest BCUT2D eigenvalue weighted by Crippen LogP contribution is 2.23. The van der Waals surface area contributed by atoms with Crippen LogP contribution in [0.1, 0.15) is 25.7 Å². The average molecular weight is 180 g/mol. The van der Waals surface area contributed by atoms with E-state index in [1.54, 1.807) is 0 Å². The lowest BCUT2D eigenvalue weighted by atomic mass is 9.97. The molecule has 0 aromatic heterocycles. The second-order valence-corrected chi connectivity index (χ2v) is 4.65. The van der Waals surface area contributed by atoms with E-state index in [4.69, 9.17) is 9.66 Å². The van der Waals surface area contributed by atoms with Gasteiger partial charge in [-0.15, -0.1) is 0 Å². The van der Waals surface area contributed by atoms with Crippen LogP contribution >= 0.6 is 0 Å². The Morgan fingerprint density at radius 1 is 1.27 bits per heavy atom. The predicted octanol–water partition coefficient (Wildman–Crippen LogP) is 0.178. The molecule has 0 bridgehead atoms. The molecule has 4 nitrogen and oxygen atoms in total. The van der Waals surface area contributed by atoms with Crippen LogP contribution in [0.25, 0.3) is 0 Å². The van der Waals surface area contributed by atoms with Gasteiger partial charge >= 0.3 is 0 Å². The number of rotatable bonds is 1. The molecular formula is C6H12O4S. The van der Waals surface area contributed by atoms with Gasteiger partial charge in [0.2, 0.25) is 0 Å². The third-order valence-corrected chi connectivity index (χ3v) is 3.29. The van der Waals surface area contributed by atoms with Gasteiger partial charge in [-0.3, -0.25) is 4.55 Å². The van der Waals surface area contributed by atoms with Gasteiger partial charge in [0.05, 0.1) is 11.4 Å². The van der Waals surface area contributed by atoms with E-state index in [9.17, 15) is 8.42 Å². The zero-order chi connectivity index (χ0) is 8.48. The Balaban J connectivity index is 2.60. The summed E-state index contributed by atoms with van der Waals surface area (Å²) >= 11 is 0. The fourth-order valence-electron chi connectivity index (χ4n) is 1.39. The fraction of sp³-hybridized carbons (Fsp3) is 1.00. The van der Waals surface area contributed by atoms with Crippen LogP contribution < -0.4 is 0 Å². The highest BCUT2D eigenvalue weighted by atomic mass is 32.2. The molecule has 1 aliphatic carbocycles. The summed E-state index contributed by atoms with van der Waals surface area (Å²) in [5.41, 5.74) is 0. The van der Waals surface area contributed by atoms with Gasteiger partial charge in [0, 0.05) is 0 Å². The first kappa shape index (κ1) is 8.96. The molecule has 11 heavy (non-hydrogen) atoms. The van der Waals surface area contributed by atoms with Crippen molar-refractivity contribution in [3.05, 3.63) is 0 Å². The topological polar surface area (TPSA) is 74.6 Å². The van der Waals surface area contributed by atoms with Crippen LogP contribution in [0.4, 0.5) is 0 Å². The lowest BCUT2D eigenvalue weighted by molar-refractivity contribution is 0.130. The van der Waals surface area contributed by atoms with Crippen LogP contribution in [0.3, 0.4) is 0 Å². The minimum atomic E-state index is -3.92. The second kappa shape index (κ2) is 3.08. The van der Waals surface area contributed by atoms with Crippen molar-refractivity contribution in [3.63, 3.8) is 0 Å². The molecule has 66 valence electrons. The zero-order valence-electron chi connectivity index (χ0n) is 6.10. The van der Waals surface area contributed by atoms with Gasteiger partial charge in [-0.1, -0.05) is 0 Å². The molecule has 2 N–H and O–H groups in total. The van der Waals surface area contributed by atoms with Gasteiger partial charge in [0.25, 0.3) is 10.1 Å². The molecule has 0 heterocycles. The van der Waals surface area contributed by atoms with Gasteiger partial charge in [-0.25, -0.2) is 0 Å². The molecule has 0 aliphatic heterocycles. The van der Waals surface area contributed by atoms with Crippen molar-refractivity contribution in [3.8, 4) is 0 Å². The predicted molar refractivity (Wildman–Crippen MR) is 39.8 cm³/mol. The first-order valence-corrected chi connectivity index (χ1v) is 5.15. The highest BCUT2D eigenvalue weighted by Gasteiger charge is 2.29. The van der Waals surface area contributed by atoms with Crippen molar-refractivity contribution >= 4 is 10.1 Å². The minimum Gasteiger partial charge on any atom is -0.393 e. The molecule has 2 unspecified atom stereocenters. The highest BCUT2D eigenvalue weighted by molar-refractivity contribution is 7.86. The summed E-state index contributed by atoms with van der Waals surface area (Å²) in [5.74, 6) is 0. The molecule has 1 rings (SSSR count). The molecule has 1 fully saturated rings. The van der Waals surface area contributed by atoms with Gasteiger partial charge in [-0.2, -0.15) is 8.42 Å². The first-order valence-electron chi connectivity index (χ1n) is 3.64. The Morgan fingerprint density at radius 3 is 2.27 bits per heavy atom. The lowest BCUT2D eigenvalue weighted by Gasteiger charge is -2.22. The van der Waals surface area contributed by atoms with E-state index >= 15 is 0 Å². The Kier molecular flexibility index (Phi) is 2.51. The Morgan fingerprint density at radius 2 is 1.91 bits per heavy atom. The zero-order valence-corrected chi connectivity index (χ0v) is 6.92. The third-order valence-electron chi connectivity index (χ3n) is 2.02. The maximum absolute atomic E-state index is 10.6. The minimum absolute atomic E-state index is 0.179. The van der Waals surface area contributed by atoms with Gasteiger partial charge in [-0.05, 0) is 25.7 Å². The lowest BCUT2D eigenvalue weighted by Crippen LogP contribution is -2.30. The summed E-state index contributed by atoms with van der Waals surface area (Å²) in [4.78, 5) is 0. The first-order chi connectivity index (χ1) is 5.00. The summed E-state index contributed by atoms with van der Waals surface area (Å²) < 4.78 is 29.8. The van der Waals surface area contributed by atoms with Crippen LogP contribution in [0.5, 0.6) is 0 Å². The number of aliphatic hydroxyl groups excluding tert-OH is 1. The van der Waals surface area contributed by atoms with Crippen LogP contribution in [0.15, 0.2) is 0 Å². The molecule has 1 aliphatic rings. The summed E-state index contributed by atoms with van der Waals surface area (Å²) in [6.07, 6.45) is 1.41. The van der Waals surface area contributed by atoms with E-state index in [2.05, 4.69) is 0 Å². The smallest absolute Gasteiger partial charge is 0.267 e. The van der Waals surface area contributed by atoms with Crippen LogP contribution in [0, 0.1) is 0 Å². The van der Waals surface area contributed by atoms with Crippen LogP contribution in [-0.2, 0) is 10.1 Å². The Labute approximate surface area is 66.0 Å². The molecule has 0 spiro atoms. The Bertz CT molecular complexity index is 221. The van der Waals surface area contributed by atoms with Gasteiger partial charge in [0.15, 0.2) is 0 Å². The van der Waals surface area contributed by atoms with Gasteiger partial charge < -0.3 is 5.11 Å². The number of hydrogen-bond donors (Lipinski definition) is 2. The van der Waals surface area contributed by atoms with E-state index in [0.717, 1.165) is 0 Å². The summed E-state index contributed by atoms with van der Waals surface area (Å²) in [5, 5.41) is 8.32.